The molecule has 1 aliphatic carbocycles. The van der Waals surface area contributed by atoms with Crippen molar-refractivity contribution in [2.75, 3.05) is 19.6 Å². The zero-order valence-corrected chi connectivity index (χ0v) is 12.7. The lowest BCUT2D eigenvalue weighted by molar-refractivity contribution is 0.0356. The first-order valence-corrected chi connectivity index (χ1v) is 8.20. The van der Waals surface area contributed by atoms with Gasteiger partial charge in [-0.2, -0.15) is 0 Å². The van der Waals surface area contributed by atoms with E-state index in [4.69, 9.17) is 0 Å². The van der Waals surface area contributed by atoms with Gasteiger partial charge in [0.15, 0.2) is 0 Å². The highest BCUT2D eigenvalue weighted by molar-refractivity contribution is 5.02. The van der Waals surface area contributed by atoms with Gasteiger partial charge >= 0.3 is 0 Å². The van der Waals surface area contributed by atoms with Crippen LogP contribution in [0.2, 0.25) is 0 Å². The van der Waals surface area contributed by atoms with E-state index in [9.17, 15) is 0 Å². The van der Waals surface area contributed by atoms with Gasteiger partial charge in [0, 0.05) is 11.6 Å². The lowest BCUT2D eigenvalue weighted by Gasteiger charge is -2.50. The Kier molecular flexibility index (Phi) is 5.08. The summed E-state index contributed by atoms with van der Waals surface area (Å²) in [5.41, 5.74) is 0.386. The molecule has 1 saturated heterocycles. The van der Waals surface area contributed by atoms with E-state index < -0.39 is 0 Å². The Hall–Kier alpha value is -0.0800. The third-order valence-corrected chi connectivity index (χ3v) is 5.45. The van der Waals surface area contributed by atoms with E-state index in [0.29, 0.717) is 11.6 Å². The maximum absolute atomic E-state index is 3.90. The zero-order chi connectivity index (χ0) is 13.0. The molecule has 2 aliphatic rings. The van der Waals surface area contributed by atoms with Crippen LogP contribution in [0.5, 0.6) is 0 Å². The van der Waals surface area contributed by atoms with Crippen molar-refractivity contribution >= 4 is 0 Å². The molecule has 0 bridgehead atoms. The summed E-state index contributed by atoms with van der Waals surface area (Å²) in [5.74, 6) is 0.932. The normalized spacial score (nSPS) is 26.8. The van der Waals surface area contributed by atoms with Crippen molar-refractivity contribution in [1.82, 2.24) is 10.2 Å². The van der Waals surface area contributed by atoms with Crippen LogP contribution < -0.4 is 5.32 Å². The van der Waals surface area contributed by atoms with E-state index in [2.05, 4.69) is 31.0 Å². The molecular weight excluding hydrogens is 220 g/mol. The van der Waals surface area contributed by atoms with Crippen molar-refractivity contribution < 1.29 is 0 Å². The first-order chi connectivity index (χ1) is 8.72. The van der Waals surface area contributed by atoms with Gasteiger partial charge in [0.2, 0.25) is 0 Å². The largest absolute Gasteiger partial charge is 0.312 e. The van der Waals surface area contributed by atoms with Crippen LogP contribution in [0.3, 0.4) is 0 Å². The van der Waals surface area contributed by atoms with Gasteiger partial charge in [-0.05, 0) is 71.0 Å². The number of nitrogens with zero attached hydrogens (tertiary/aromatic N) is 1. The molecule has 2 rings (SSSR count). The Balaban J connectivity index is 2.07. The molecule has 2 fully saturated rings. The summed E-state index contributed by atoms with van der Waals surface area (Å²) < 4.78 is 0. The van der Waals surface area contributed by atoms with E-state index in [1.165, 1.54) is 64.6 Å². The van der Waals surface area contributed by atoms with E-state index in [-0.39, 0.29) is 0 Å². The van der Waals surface area contributed by atoms with Gasteiger partial charge < -0.3 is 5.32 Å². The van der Waals surface area contributed by atoms with E-state index in [0.717, 1.165) is 5.92 Å². The standard InChI is InChI=1S/C16H32N2/c1-4-11-17-15(14-9-8-10-14)16(3,5-2)18-12-6-7-13-18/h14-15,17H,4-13H2,1-3H3. The van der Waals surface area contributed by atoms with Crippen molar-refractivity contribution in [2.24, 2.45) is 5.92 Å². The molecule has 1 aliphatic heterocycles. The highest BCUT2D eigenvalue weighted by atomic mass is 15.2. The molecule has 2 heteroatoms. The van der Waals surface area contributed by atoms with Crippen molar-refractivity contribution in [3.8, 4) is 0 Å². The van der Waals surface area contributed by atoms with Gasteiger partial charge in [-0.25, -0.2) is 0 Å². The summed E-state index contributed by atoms with van der Waals surface area (Å²) >= 11 is 0. The molecule has 2 unspecified atom stereocenters. The van der Waals surface area contributed by atoms with Crippen LogP contribution in [0.25, 0.3) is 0 Å². The topological polar surface area (TPSA) is 15.3 Å². The van der Waals surface area contributed by atoms with Crippen LogP contribution in [-0.2, 0) is 0 Å². The Morgan fingerprint density at radius 1 is 1.17 bits per heavy atom. The minimum Gasteiger partial charge on any atom is -0.312 e. The first kappa shape index (κ1) is 14.3. The lowest BCUT2D eigenvalue weighted by Crippen LogP contribution is -2.62. The van der Waals surface area contributed by atoms with Gasteiger partial charge in [0.05, 0.1) is 0 Å². The third kappa shape index (κ3) is 2.75. The number of hydrogen-bond donors (Lipinski definition) is 1. The third-order valence-electron chi connectivity index (χ3n) is 5.45. The number of rotatable bonds is 7. The first-order valence-electron chi connectivity index (χ1n) is 8.20. The predicted octanol–water partition coefficient (Wildman–Crippen LogP) is 3.42. The quantitative estimate of drug-likeness (QED) is 0.747. The second-order valence-corrected chi connectivity index (χ2v) is 6.53. The molecule has 1 N–H and O–H groups in total. The van der Waals surface area contributed by atoms with Crippen LogP contribution in [0.15, 0.2) is 0 Å². The molecular formula is C16H32N2. The fraction of sp³-hybridized carbons (Fsp3) is 1.00. The van der Waals surface area contributed by atoms with E-state index in [1.54, 1.807) is 0 Å². The van der Waals surface area contributed by atoms with Crippen molar-refractivity contribution in [1.29, 1.82) is 0 Å². The Labute approximate surface area is 114 Å². The van der Waals surface area contributed by atoms with Gasteiger partial charge in [-0.15, -0.1) is 0 Å². The molecule has 0 radical (unpaired) electrons. The summed E-state index contributed by atoms with van der Waals surface area (Å²) in [4.78, 5) is 2.78. The van der Waals surface area contributed by atoms with Crippen molar-refractivity contribution in [3.05, 3.63) is 0 Å². The van der Waals surface area contributed by atoms with Crippen LogP contribution in [0.4, 0.5) is 0 Å². The van der Waals surface area contributed by atoms with Crippen molar-refractivity contribution in [3.63, 3.8) is 0 Å². The highest BCUT2D eigenvalue weighted by Crippen LogP contribution is 2.39. The molecule has 2 nitrogen and oxygen atoms in total. The highest BCUT2D eigenvalue weighted by Gasteiger charge is 2.44. The second-order valence-electron chi connectivity index (χ2n) is 6.53. The van der Waals surface area contributed by atoms with Crippen LogP contribution in [-0.4, -0.2) is 36.1 Å². The minimum absolute atomic E-state index is 0.386. The van der Waals surface area contributed by atoms with Crippen molar-refractivity contribution in [2.45, 2.75) is 77.3 Å². The van der Waals surface area contributed by atoms with E-state index >= 15 is 0 Å². The average Bonchev–Trinajstić information content (AvgIpc) is 2.85. The summed E-state index contributed by atoms with van der Waals surface area (Å²) in [6, 6.07) is 0.717. The van der Waals surface area contributed by atoms with Gasteiger partial charge in [0.25, 0.3) is 0 Å². The Morgan fingerprint density at radius 2 is 1.83 bits per heavy atom. The molecule has 0 aromatic heterocycles. The molecule has 18 heavy (non-hydrogen) atoms. The van der Waals surface area contributed by atoms with Gasteiger partial charge in [-0.3, -0.25) is 4.90 Å². The number of likely N-dealkylation sites (tertiary alicyclic amines) is 1. The minimum atomic E-state index is 0.386. The average molecular weight is 252 g/mol. The number of nitrogens with one attached hydrogen (secondary N) is 1. The van der Waals surface area contributed by atoms with Crippen LogP contribution >= 0.6 is 0 Å². The second kappa shape index (κ2) is 6.38. The predicted molar refractivity (Wildman–Crippen MR) is 78.9 cm³/mol. The fourth-order valence-electron chi connectivity index (χ4n) is 3.84. The Morgan fingerprint density at radius 3 is 2.28 bits per heavy atom. The van der Waals surface area contributed by atoms with Gasteiger partial charge in [0.1, 0.15) is 0 Å². The molecule has 2 atom stereocenters. The maximum atomic E-state index is 3.90. The number of hydrogen-bond acceptors (Lipinski definition) is 2. The smallest absolute Gasteiger partial charge is 0.0334 e. The molecule has 0 aromatic carbocycles. The summed E-state index contributed by atoms with van der Waals surface area (Å²) in [6.07, 6.45) is 9.69. The summed E-state index contributed by atoms with van der Waals surface area (Å²) in [7, 11) is 0. The van der Waals surface area contributed by atoms with Gasteiger partial charge in [-0.1, -0.05) is 20.3 Å². The molecule has 106 valence electrons. The summed E-state index contributed by atoms with van der Waals surface area (Å²) in [6.45, 7) is 11.0. The maximum Gasteiger partial charge on any atom is 0.0334 e. The molecule has 0 amide bonds. The van der Waals surface area contributed by atoms with Crippen LogP contribution in [0, 0.1) is 5.92 Å². The Bertz CT molecular complexity index is 243. The fourth-order valence-corrected chi connectivity index (χ4v) is 3.84. The molecule has 1 heterocycles. The lowest BCUT2D eigenvalue weighted by atomic mass is 9.70. The monoisotopic (exact) mass is 252 g/mol. The molecule has 0 aromatic rings. The molecule has 0 spiro atoms. The van der Waals surface area contributed by atoms with Crippen LogP contribution in [0.1, 0.15) is 65.7 Å². The zero-order valence-electron chi connectivity index (χ0n) is 12.7. The molecule has 1 saturated carbocycles. The SMILES string of the molecule is CCCNC(C1CCC1)C(C)(CC)N1CCCC1. The van der Waals surface area contributed by atoms with E-state index in [1.807, 2.05) is 0 Å². The summed E-state index contributed by atoms with van der Waals surface area (Å²) in [5, 5.41) is 3.90.